The average Bonchev–Trinajstić information content (AvgIpc) is 2.89. The van der Waals surface area contributed by atoms with Crippen LogP contribution < -0.4 is 0 Å². The fourth-order valence-corrected chi connectivity index (χ4v) is 5.18. The van der Waals surface area contributed by atoms with Gasteiger partial charge in [-0.05, 0) is 29.9 Å². The van der Waals surface area contributed by atoms with Crippen LogP contribution in [0.2, 0.25) is 0 Å². The molecule has 2 saturated carbocycles. The lowest BCUT2D eigenvalue weighted by Crippen LogP contribution is -2.23. The molecule has 0 amide bonds. The van der Waals surface area contributed by atoms with E-state index in [0.29, 0.717) is 5.03 Å². The number of ketones is 2. The van der Waals surface area contributed by atoms with Gasteiger partial charge < -0.3 is 0 Å². The minimum Gasteiger partial charge on any atom is -0.298 e. The van der Waals surface area contributed by atoms with E-state index in [1.54, 1.807) is 0 Å². The molecule has 0 radical (unpaired) electrons. The first-order valence-corrected chi connectivity index (χ1v) is 9.67. The van der Waals surface area contributed by atoms with E-state index in [0.717, 1.165) is 31.3 Å². The number of allylic oxidation sites excluding steroid dienone is 4. The van der Waals surface area contributed by atoms with Gasteiger partial charge in [0.15, 0.2) is 11.6 Å². The van der Waals surface area contributed by atoms with Crippen LogP contribution in [0.3, 0.4) is 0 Å². The molecule has 2 nitrogen and oxygen atoms in total. The van der Waals surface area contributed by atoms with E-state index in [-0.39, 0.29) is 35.2 Å². The monoisotopic (exact) mass is 354 g/mol. The van der Waals surface area contributed by atoms with Crippen LogP contribution in [0.4, 0.5) is 0 Å². The fourth-order valence-electron chi connectivity index (χ4n) is 4.87. The van der Waals surface area contributed by atoms with E-state index in [1.165, 1.54) is 5.56 Å². The molecule has 3 aliphatic carbocycles. The minimum atomic E-state index is -0.629. The van der Waals surface area contributed by atoms with Crippen LogP contribution in [-0.2, 0) is 9.59 Å². The van der Waals surface area contributed by atoms with Crippen molar-refractivity contribution in [2.75, 3.05) is 0 Å². The predicted octanol–water partition coefficient (Wildman–Crippen LogP) is 5.04. The molecule has 3 aliphatic rings. The second-order valence-corrected chi connectivity index (χ2v) is 8.07. The normalized spacial score (nSPS) is 35.2. The summed E-state index contributed by atoms with van der Waals surface area (Å²) in [6, 6.07) is 10.2. The quantitative estimate of drug-likeness (QED) is 0.697. The molecule has 0 aromatic heterocycles. The van der Waals surface area contributed by atoms with Gasteiger partial charge in [-0.1, -0.05) is 73.9 Å². The Morgan fingerprint density at radius 3 is 2.12 bits per heavy atom. The predicted molar refractivity (Wildman–Crippen MR) is 99.3 cm³/mol. The van der Waals surface area contributed by atoms with Crippen LogP contribution in [0.5, 0.6) is 0 Å². The maximum atomic E-state index is 12.9. The number of fused-ring (bicyclic) bond motifs is 1. The summed E-state index contributed by atoms with van der Waals surface area (Å²) >= 11 is 6.59. The zero-order valence-electron chi connectivity index (χ0n) is 14.5. The molecule has 1 aromatic rings. The molecule has 0 saturated heterocycles. The highest BCUT2D eigenvalue weighted by molar-refractivity contribution is 6.33. The molecule has 4 atom stereocenters. The molecule has 0 spiro atoms. The summed E-state index contributed by atoms with van der Waals surface area (Å²) < 4.78 is 0. The van der Waals surface area contributed by atoms with Gasteiger partial charge >= 0.3 is 0 Å². The average molecular weight is 355 g/mol. The Morgan fingerprint density at radius 2 is 1.52 bits per heavy atom. The van der Waals surface area contributed by atoms with E-state index in [2.05, 4.69) is 25.1 Å². The highest BCUT2D eigenvalue weighted by Gasteiger charge is 2.51. The van der Waals surface area contributed by atoms with Crippen molar-refractivity contribution >= 4 is 23.2 Å². The molecule has 0 heterocycles. The van der Waals surface area contributed by atoms with Crippen molar-refractivity contribution in [3.63, 3.8) is 0 Å². The first-order chi connectivity index (χ1) is 12.1. The van der Waals surface area contributed by atoms with Crippen molar-refractivity contribution < 1.29 is 9.59 Å². The molecular weight excluding hydrogens is 332 g/mol. The zero-order chi connectivity index (χ0) is 17.6. The third-order valence-corrected chi connectivity index (χ3v) is 6.52. The minimum absolute atomic E-state index is 0.0706. The summed E-state index contributed by atoms with van der Waals surface area (Å²) in [6.45, 7) is 2.13. The smallest absolute Gasteiger partial charge is 0.151 e. The Bertz CT molecular complexity index is 737. The number of halogens is 1. The number of hydrogen-bond donors (Lipinski definition) is 0. The molecule has 0 N–H and O–H groups in total. The SMILES string of the molecule is CC1C=C(C2C(=O)C3CCCCC3C2=O)C(Cl)=CC1c1ccccc1. The summed E-state index contributed by atoms with van der Waals surface area (Å²) in [4.78, 5) is 25.8. The molecular formula is C22H23ClO2. The van der Waals surface area contributed by atoms with E-state index in [9.17, 15) is 9.59 Å². The number of hydrogen-bond acceptors (Lipinski definition) is 2. The zero-order valence-corrected chi connectivity index (χ0v) is 15.2. The highest BCUT2D eigenvalue weighted by Crippen LogP contribution is 2.47. The Balaban J connectivity index is 1.65. The van der Waals surface area contributed by atoms with E-state index in [1.807, 2.05) is 24.3 Å². The topological polar surface area (TPSA) is 34.1 Å². The molecule has 4 rings (SSSR count). The van der Waals surface area contributed by atoms with Crippen LogP contribution in [-0.4, -0.2) is 11.6 Å². The van der Waals surface area contributed by atoms with Crippen molar-refractivity contribution in [1.29, 1.82) is 0 Å². The van der Waals surface area contributed by atoms with Gasteiger partial charge in [-0.15, -0.1) is 0 Å². The fraction of sp³-hybridized carbons (Fsp3) is 0.455. The maximum absolute atomic E-state index is 12.9. The van der Waals surface area contributed by atoms with Crippen molar-refractivity contribution in [2.45, 2.75) is 38.5 Å². The van der Waals surface area contributed by atoms with Gasteiger partial charge in [0.1, 0.15) is 5.92 Å². The third-order valence-electron chi connectivity index (χ3n) is 6.17. The Labute approximate surface area is 154 Å². The second-order valence-electron chi connectivity index (χ2n) is 7.67. The largest absolute Gasteiger partial charge is 0.298 e. The second kappa shape index (κ2) is 6.57. The lowest BCUT2D eigenvalue weighted by atomic mass is 9.78. The first-order valence-electron chi connectivity index (χ1n) is 9.29. The Kier molecular flexibility index (Phi) is 4.41. The van der Waals surface area contributed by atoms with Gasteiger partial charge in [0.25, 0.3) is 0 Å². The summed E-state index contributed by atoms with van der Waals surface area (Å²) in [5.41, 5.74) is 1.96. The lowest BCUT2D eigenvalue weighted by molar-refractivity contribution is -0.126. The lowest BCUT2D eigenvalue weighted by Gasteiger charge is -2.27. The van der Waals surface area contributed by atoms with E-state index in [4.69, 9.17) is 11.6 Å². The Hall–Kier alpha value is -1.67. The van der Waals surface area contributed by atoms with E-state index >= 15 is 0 Å². The molecule has 0 bridgehead atoms. The molecule has 2 fully saturated rings. The molecule has 25 heavy (non-hydrogen) atoms. The van der Waals surface area contributed by atoms with Crippen LogP contribution >= 0.6 is 11.6 Å². The van der Waals surface area contributed by atoms with Gasteiger partial charge in [0.05, 0.1) is 0 Å². The van der Waals surface area contributed by atoms with Crippen molar-refractivity contribution in [1.82, 2.24) is 0 Å². The number of benzene rings is 1. The standard InChI is InChI=1S/C22H23ClO2/c1-13-11-18(19(23)12-17(13)14-7-3-2-4-8-14)20-21(24)15-9-5-6-10-16(15)22(20)25/h2-4,7-8,11-13,15-17,20H,5-6,9-10H2,1H3. The molecule has 1 aromatic carbocycles. The van der Waals surface area contributed by atoms with Gasteiger partial charge in [-0.25, -0.2) is 0 Å². The van der Waals surface area contributed by atoms with E-state index < -0.39 is 5.92 Å². The van der Waals surface area contributed by atoms with Crippen molar-refractivity contribution in [3.8, 4) is 0 Å². The van der Waals surface area contributed by atoms with Crippen molar-refractivity contribution in [2.24, 2.45) is 23.7 Å². The van der Waals surface area contributed by atoms with Crippen LogP contribution in [0.1, 0.15) is 44.1 Å². The molecule has 3 heteroatoms. The number of rotatable bonds is 2. The molecule has 4 unspecified atom stereocenters. The number of carbonyl (C=O) groups excluding carboxylic acids is 2. The summed E-state index contributed by atoms with van der Waals surface area (Å²) in [7, 11) is 0. The third kappa shape index (κ3) is 2.81. The first kappa shape index (κ1) is 16.8. The van der Waals surface area contributed by atoms with Crippen LogP contribution in [0, 0.1) is 23.7 Å². The van der Waals surface area contributed by atoms with Gasteiger partial charge in [-0.3, -0.25) is 9.59 Å². The summed E-state index contributed by atoms with van der Waals surface area (Å²) in [5.74, 6) is -0.154. The number of carbonyl (C=O) groups is 2. The summed E-state index contributed by atoms with van der Waals surface area (Å²) in [6.07, 6.45) is 7.94. The maximum Gasteiger partial charge on any atom is 0.151 e. The van der Waals surface area contributed by atoms with Crippen LogP contribution in [0.25, 0.3) is 0 Å². The summed E-state index contributed by atoms with van der Waals surface area (Å²) in [5, 5.41) is 0.581. The molecule has 0 aliphatic heterocycles. The Morgan fingerprint density at radius 1 is 0.920 bits per heavy atom. The van der Waals surface area contributed by atoms with Gasteiger partial charge in [0, 0.05) is 22.8 Å². The highest BCUT2D eigenvalue weighted by atomic mass is 35.5. The van der Waals surface area contributed by atoms with Crippen LogP contribution in [0.15, 0.2) is 53.1 Å². The van der Waals surface area contributed by atoms with Gasteiger partial charge in [0.2, 0.25) is 0 Å². The van der Waals surface area contributed by atoms with Crippen molar-refractivity contribution in [3.05, 3.63) is 58.7 Å². The number of Topliss-reactive ketones (excluding diaryl/α,β-unsaturated/α-hetero) is 2. The molecule has 130 valence electrons. The van der Waals surface area contributed by atoms with Gasteiger partial charge in [-0.2, -0.15) is 0 Å².